The third-order valence-corrected chi connectivity index (χ3v) is 5.25. The highest BCUT2D eigenvalue weighted by atomic mass is 19.4. The Morgan fingerprint density at radius 1 is 0.688 bits per heavy atom. The Hall–Kier alpha value is -3.55. The van der Waals surface area contributed by atoms with Crippen LogP contribution in [0.15, 0.2) is 87.2 Å². The number of hydrogen-bond acceptors (Lipinski definition) is 5. The summed E-state index contributed by atoms with van der Waals surface area (Å²) in [6.45, 7) is 4.07. The molecule has 0 radical (unpaired) electrons. The van der Waals surface area contributed by atoms with Crippen LogP contribution < -0.4 is 4.90 Å². The van der Waals surface area contributed by atoms with Gasteiger partial charge in [-0.15, -0.1) is 0 Å². The maximum atomic E-state index is 12.6. The van der Waals surface area contributed by atoms with Crippen LogP contribution in [-0.4, -0.2) is 13.1 Å². The van der Waals surface area contributed by atoms with E-state index in [0.29, 0.717) is 17.1 Å². The van der Waals surface area contributed by atoms with Crippen LogP contribution >= 0.6 is 0 Å². The molecule has 3 aromatic rings. The van der Waals surface area contributed by atoms with Crippen LogP contribution in [0, 0.1) is 6.92 Å². The fourth-order valence-corrected chi connectivity index (χ4v) is 3.46. The lowest BCUT2D eigenvalue weighted by atomic mass is 10.2. The van der Waals surface area contributed by atoms with Crippen molar-refractivity contribution in [3.05, 3.63) is 77.9 Å². The zero-order valence-corrected chi connectivity index (χ0v) is 17.5. The zero-order chi connectivity index (χ0) is 22.6. The molecule has 1 aliphatic heterocycles. The summed E-state index contributed by atoms with van der Waals surface area (Å²) in [6, 6.07) is 18.0. The smallest absolute Gasteiger partial charge is 0.372 e. The van der Waals surface area contributed by atoms with E-state index in [1.807, 2.05) is 25.1 Å². The average Bonchev–Trinajstić information content (AvgIpc) is 3.32. The Bertz CT molecular complexity index is 1110. The van der Waals surface area contributed by atoms with Crippen molar-refractivity contribution >= 4 is 28.4 Å². The van der Waals surface area contributed by atoms with E-state index in [1.54, 1.807) is 12.1 Å². The lowest BCUT2D eigenvalue weighted by molar-refractivity contribution is -0.137. The van der Waals surface area contributed by atoms with Gasteiger partial charge in [0.1, 0.15) is 0 Å². The summed E-state index contributed by atoms with van der Waals surface area (Å²) in [5, 5.41) is 16.8. The standard InChI is InChI=1S/C24H22F3N5/c1-17-16-21(30-28-20-8-11-22(12-9-20)32-14-2-3-15-32)10-13-23(17)31-29-19-6-4-18(5-7-19)24(25,26)27/h4-13,16H,2-3,14-15H2,1H3. The highest BCUT2D eigenvalue weighted by Crippen LogP contribution is 2.32. The second-order valence-electron chi connectivity index (χ2n) is 7.63. The highest BCUT2D eigenvalue weighted by Gasteiger charge is 2.29. The number of rotatable bonds is 5. The van der Waals surface area contributed by atoms with Crippen molar-refractivity contribution in [1.82, 2.24) is 0 Å². The second-order valence-corrected chi connectivity index (χ2v) is 7.63. The molecule has 0 atom stereocenters. The Kier molecular flexibility index (Phi) is 6.30. The molecule has 1 saturated heterocycles. The lowest BCUT2D eigenvalue weighted by Gasteiger charge is -2.17. The normalized spacial score (nSPS) is 14.7. The van der Waals surface area contributed by atoms with E-state index in [4.69, 9.17) is 0 Å². The molecular formula is C24H22F3N5. The van der Waals surface area contributed by atoms with Gasteiger partial charge >= 0.3 is 6.18 Å². The van der Waals surface area contributed by atoms with E-state index in [-0.39, 0.29) is 0 Å². The fourth-order valence-electron chi connectivity index (χ4n) is 3.46. The van der Waals surface area contributed by atoms with E-state index in [2.05, 4.69) is 37.5 Å². The molecule has 0 saturated carbocycles. The van der Waals surface area contributed by atoms with Crippen molar-refractivity contribution in [2.24, 2.45) is 20.5 Å². The van der Waals surface area contributed by atoms with Gasteiger partial charge in [0.15, 0.2) is 0 Å². The van der Waals surface area contributed by atoms with E-state index in [0.717, 1.165) is 36.5 Å². The topological polar surface area (TPSA) is 52.7 Å². The van der Waals surface area contributed by atoms with Gasteiger partial charge in [-0.25, -0.2) is 0 Å². The molecule has 3 aromatic carbocycles. The Labute approximate surface area is 184 Å². The molecule has 5 nitrogen and oxygen atoms in total. The second kappa shape index (κ2) is 9.30. The van der Waals surface area contributed by atoms with Crippen molar-refractivity contribution in [1.29, 1.82) is 0 Å². The first kappa shape index (κ1) is 21.7. The van der Waals surface area contributed by atoms with Crippen molar-refractivity contribution in [3.8, 4) is 0 Å². The molecule has 0 N–H and O–H groups in total. The number of alkyl halides is 3. The molecule has 0 unspecified atom stereocenters. The highest BCUT2D eigenvalue weighted by molar-refractivity contribution is 5.55. The predicted octanol–water partition coefficient (Wildman–Crippen LogP) is 8.44. The first-order valence-electron chi connectivity index (χ1n) is 10.3. The minimum atomic E-state index is -4.37. The maximum Gasteiger partial charge on any atom is 0.416 e. The fraction of sp³-hybridized carbons (Fsp3) is 0.250. The minimum absolute atomic E-state index is 0.346. The lowest BCUT2D eigenvalue weighted by Crippen LogP contribution is -2.17. The summed E-state index contributed by atoms with van der Waals surface area (Å²) >= 11 is 0. The van der Waals surface area contributed by atoms with Crippen LogP contribution in [0.25, 0.3) is 0 Å². The van der Waals surface area contributed by atoms with Crippen LogP contribution in [0.4, 0.5) is 41.6 Å². The third-order valence-electron chi connectivity index (χ3n) is 5.25. The Morgan fingerprint density at radius 2 is 1.22 bits per heavy atom. The number of aryl methyl sites for hydroxylation is 1. The van der Waals surface area contributed by atoms with Gasteiger partial charge in [0.05, 0.1) is 28.3 Å². The van der Waals surface area contributed by atoms with Crippen molar-refractivity contribution in [2.45, 2.75) is 25.9 Å². The summed E-state index contributed by atoms with van der Waals surface area (Å²) in [7, 11) is 0. The van der Waals surface area contributed by atoms with Gasteiger partial charge in [0, 0.05) is 18.8 Å². The van der Waals surface area contributed by atoms with E-state index in [9.17, 15) is 13.2 Å². The van der Waals surface area contributed by atoms with Crippen LogP contribution in [-0.2, 0) is 6.18 Å². The molecule has 1 fully saturated rings. The summed E-state index contributed by atoms with van der Waals surface area (Å²) in [5.74, 6) is 0. The molecule has 4 rings (SSSR count). The number of benzene rings is 3. The molecule has 0 spiro atoms. The molecule has 0 bridgehead atoms. The van der Waals surface area contributed by atoms with Gasteiger partial charge in [0.25, 0.3) is 0 Å². The van der Waals surface area contributed by atoms with Crippen molar-refractivity contribution < 1.29 is 13.2 Å². The Balaban J connectivity index is 1.41. The first-order chi connectivity index (χ1) is 15.4. The average molecular weight is 437 g/mol. The largest absolute Gasteiger partial charge is 0.416 e. The quantitative estimate of drug-likeness (QED) is 0.369. The summed E-state index contributed by atoms with van der Waals surface area (Å²) in [4.78, 5) is 2.36. The van der Waals surface area contributed by atoms with Gasteiger partial charge in [0.2, 0.25) is 0 Å². The third kappa shape index (κ3) is 5.38. The van der Waals surface area contributed by atoms with Crippen molar-refractivity contribution in [3.63, 3.8) is 0 Å². The number of azo groups is 2. The van der Waals surface area contributed by atoms with Gasteiger partial charge in [-0.3, -0.25) is 0 Å². The molecular weight excluding hydrogens is 415 g/mol. The van der Waals surface area contributed by atoms with Crippen LogP contribution in [0.1, 0.15) is 24.0 Å². The molecule has 8 heteroatoms. The molecule has 0 aromatic heterocycles. The molecule has 164 valence electrons. The molecule has 1 aliphatic rings. The molecule has 0 amide bonds. The van der Waals surface area contributed by atoms with Gasteiger partial charge < -0.3 is 4.90 Å². The first-order valence-corrected chi connectivity index (χ1v) is 10.3. The maximum absolute atomic E-state index is 12.6. The number of hydrogen-bond donors (Lipinski definition) is 0. The van der Waals surface area contributed by atoms with Gasteiger partial charge in [-0.05, 0) is 92.1 Å². The van der Waals surface area contributed by atoms with Crippen LogP contribution in [0.3, 0.4) is 0 Å². The number of anilines is 1. The van der Waals surface area contributed by atoms with E-state index in [1.165, 1.54) is 30.7 Å². The van der Waals surface area contributed by atoms with Gasteiger partial charge in [-0.2, -0.15) is 33.6 Å². The van der Waals surface area contributed by atoms with Crippen LogP contribution in [0.2, 0.25) is 0 Å². The molecule has 32 heavy (non-hydrogen) atoms. The monoisotopic (exact) mass is 437 g/mol. The zero-order valence-electron chi connectivity index (χ0n) is 17.5. The van der Waals surface area contributed by atoms with Crippen molar-refractivity contribution in [2.75, 3.05) is 18.0 Å². The minimum Gasteiger partial charge on any atom is -0.372 e. The number of halogens is 3. The summed E-state index contributed by atoms with van der Waals surface area (Å²) in [6.07, 6.45) is -1.89. The summed E-state index contributed by atoms with van der Waals surface area (Å²) < 4.78 is 37.9. The Morgan fingerprint density at radius 3 is 1.81 bits per heavy atom. The number of nitrogens with zero attached hydrogens (tertiary/aromatic N) is 5. The predicted molar refractivity (Wildman–Crippen MR) is 119 cm³/mol. The van der Waals surface area contributed by atoms with Gasteiger partial charge in [-0.1, -0.05) is 0 Å². The van der Waals surface area contributed by atoms with E-state index >= 15 is 0 Å². The summed E-state index contributed by atoms with van der Waals surface area (Å²) in [5.41, 5.74) is 3.74. The molecule has 0 aliphatic carbocycles. The molecule has 1 heterocycles. The van der Waals surface area contributed by atoms with Crippen LogP contribution in [0.5, 0.6) is 0 Å². The SMILES string of the molecule is Cc1cc(N=Nc2ccc(N3CCCC3)cc2)ccc1N=Nc1ccc(C(F)(F)F)cc1. The van der Waals surface area contributed by atoms with E-state index < -0.39 is 11.7 Å².